The highest BCUT2D eigenvalue weighted by Gasteiger charge is 2.19. The van der Waals surface area contributed by atoms with E-state index in [9.17, 15) is 9.59 Å². The summed E-state index contributed by atoms with van der Waals surface area (Å²) in [5, 5.41) is 3.03. The van der Waals surface area contributed by atoms with Crippen molar-refractivity contribution >= 4 is 11.5 Å². The summed E-state index contributed by atoms with van der Waals surface area (Å²) in [6.07, 6.45) is 0.802. The van der Waals surface area contributed by atoms with Gasteiger partial charge >= 0.3 is 5.69 Å². The maximum absolute atomic E-state index is 11.8. The van der Waals surface area contributed by atoms with E-state index in [4.69, 9.17) is 15.2 Å². The van der Waals surface area contributed by atoms with Gasteiger partial charge in [-0.05, 0) is 6.42 Å². The van der Waals surface area contributed by atoms with Gasteiger partial charge in [0.25, 0.3) is 5.56 Å². The molecule has 1 saturated heterocycles. The van der Waals surface area contributed by atoms with Crippen LogP contribution in [0.2, 0.25) is 0 Å². The molecule has 1 unspecified atom stereocenters. The Morgan fingerprint density at radius 2 is 2.37 bits per heavy atom. The first-order valence-electron chi connectivity index (χ1n) is 6.09. The molecule has 0 radical (unpaired) electrons. The van der Waals surface area contributed by atoms with Gasteiger partial charge in [0.05, 0.1) is 25.8 Å². The second-order valence-electron chi connectivity index (χ2n) is 4.37. The van der Waals surface area contributed by atoms with Crippen LogP contribution in [-0.2, 0) is 16.0 Å². The average Bonchev–Trinajstić information content (AvgIpc) is 2.87. The fraction of sp³-hybridized carbons (Fsp3) is 0.636. The number of rotatable bonds is 5. The SMILES string of the molecule is COCCn1c(N)c(NC2CCOC2)c(=O)[nH]c1=O. The molecule has 8 nitrogen and oxygen atoms in total. The molecule has 4 N–H and O–H groups in total. The highest BCUT2D eigenvalue weighted by molar-refractivity contribution is 5.61. The lowest BCUT2D eigenvalue weighted by Crippen LogP contribution is -2.36. The topological polar surface area (TPSA) is 111 Å². The molecule has 2 heterocycles. The minimum absolute atomic E-state index is 0.0387. The Hall–Kier alpha value is -1.80. The van der Waals surface area contributed by atoms with Crippen LogP contribution in [0.3, 0.4) is 0 Å². The summed E-state index contributed by atoms with van der Waals surface area (Å²) in [5.74, 6) is 0.123. The number of anilines is 2. The fourth-order valence-corrected chi connectivity index (χ4v) is 1.98. The molecule has 1 fully saturated rings. The van der Waals surface area contributed by atoms with E-state index in [1.54, 1.807) is 0 Å². The summed E-state index contributed by atoms with van der Waals surface area (Å²) in [6.45, 7) is 1.80. The first-order valence-corrected chi connectivity index (χ1v) is 6.09. The van der Waals surface area contributed by atoms with Gasteiger partial charge in [0, 0.05) is 13.7 Å². The van der Waals surface area contributed by atoms with E-state index in [0.29, 0.717) is 19.8 Å². The molecule has 1 atom stereocenters. The summed E-state index contributed by atoms with van der Waals surface area (Å²) >= 11 is 0. The number of aromatic nitrogens is 2. The van der Waals surface area contributed by atoms with Crippen molar-refractivity contribution < 1.29 is 9.47 Å². The number of hydrogen-bond acceptors (Lipinski definition) is 6. The number of H-pyrrole nitrogens is 1. The van der Waals surface area contributed by atoms with Crippen molar-refractivity contribution in [3.05, 3.63) is 20.8 Å². The van der Waals surface area contributed by atoms with Crippen LogP contribution in [0.4, 0.5) is 11.5 Å². The van der Waals surface area contributed by atoms with Crippen molar-refractivity contribution in [2.75, 3.05) is 38.0 Å². The summed E-state index contributed by atoms with van der Waals surface area (Å²) in [4.78, 5) is 25.7. The smallest absolute Gasteiger partial charge is 0.330 e. The van der Waals surface area contributed by atoms with Crippen molar-refractivity contribution in [1.82, 2.24) is 9.55 Å². The number of nitrogens with two attached hydrogens (primary N) is 1. The summed E-state index contributed by atoms with van der Waals surface area (Å²) < 4.78 is 11.4. The van der Waals surface area contributed by atoms with E-state index in [0.717, 1.165) is 6.42 Å². The van der Waals surface area contributed by atoms with Gasteiger partial charge in [-0.15, -0.1) is 0 Å². The number of aromatic amines is 1. The monoisotopic (exact) mass is 270 g/mol. The molecule has 106 valence electrons. The second kappa shape index (κ2) is 5.89. The molecule has 8 heteroatoms. The number of ether oxygens (including phenoxy) is 2. The second-order valence-corrected chi connectivity index (χ2v) is 4.37. The number of nitrogens with zero attached hydrogens (tertiary/aromatic N) is 1. The number of hydrogen-bond donors (Lipinski definition) is 3. The third-order valence-electron chi connectivity index (χ3n) is 3.04. The first-order chi connectivity index (χ1) is 9.13. The van der Waals surface area contributed by atoms with E-state index in [-0.39, 0.29) is 24.1 Å². The van der Waals surface area contributed by atoms with Crippen LogP contribution in [0.25, 0.3) is 0 Å². The highest BCUT2D eigenvalue weighted by atomic mass is 16.5. The third kappa shape index (κ3) is 2.96. The fourth-order valence-electron chi connectivity index (χ4n) is 1.98. The van der Waals surface area contributed by atoms with Gasteiger partial charge in [0.2, 0.25) is 0 Å². The van der Waals surface area contributed by atoms with Gasteiger partial charge < -0.3 is 20.5 Å². The number of nitrogens with one attached hydrogen (secondary N) is 2. The normalized spacial score (nSPS) is 18.7. The minimum Gasteiger partial charge on any atom is -0.383 e. The van der Waals surface area contributed by atoms with Crippen molar-refractivity contribution in [2.45, 2.75) is 19.0 Å². The Labute approximate surface area is 109 Å². The molecule has 0 aliphatic carbocycles. The predicted molar refractivity (Wildman–Crippen MR) is 70.5 cm³/mol. The van der Waals surface area contributed by atoms with Crippen LogP contribution in [0.1, 0.15) is 6.42 Å². The summed E-state index contributed by atoms with van der Waals surface area (Å²) in [6, 6.07) is 0.0387. The molecule has 0 amide bonds. The van der Waals surface area contributed by atoms with Crippen LogP contribution >= 0.6 is 0 Å². The van der Waals surface area contributed by atoms with Crippen LogP contribution in [0.15, 0.2) is 9.59 Å². The van der Waals surface area contributed by atoms with Crippen LogP contribution in [0, 0.1) is 0 Å². The lowest BCUT2D eigenvalue weighted by molar-refractivity contribution is 0.186. The van der Waals surface area contributed by atoms with Crippen molar-refractivity contribution in [2.24, 2.45) is 0 Å². The van der Waals surface area contributed by atoms with Crippen molar-refractivity contribution in [3.8, 4) is 0 Å². The molecule has 0 aromatic carbocycles. The van der Waals surface area contributed by atoms with Gasteiger partial charge in [-0.1, -0.05) is 0 Å². The number of methoxy groups -OCH3 is 1. The standard InChI is InChI=1S/C11H18N4O4/c1-18-5-3-15-9(12)8(10(16)14-11(15)17)13-7-2-4-19-6-7/h7,13H,2-6,12H2,1H3,(H,14,16,17). The molecular weight excluding hydrogens is 252 g/mol. The lowest BCUT2D eigenvalue weighted by atomic mass is 10.2. The summed E-state index contributed by atoms with van der Waals surface area (Å²) in [7, 11) is 1.53. The predicted octanol–water partition coefficient (Wildman–Crippen LogP) is -1.03. The average molecular weight is 270 g/mol. The van der Waals surface area contributed by atoms with Crippen molar-refractivity contribution in [1.29, 1.82) is 0 Å². The Morgan fingerprint density at radius 3 is 3.00 bits per heavy atom. The zero-order valence-corrected chi connectivity index (χ0v) is 10.8. The van der Waals surface area contributed by atoms with Gasteiger partial charge in [0.15, 0.2) is 0 Å². The lowest BCUT2D eigenvalue weighted by Gasteiger charge is -2.16. The third-order valence-corrected chi connectivity index (χ3v) is 3.04. The molecule has 2 rings (SSSR count). The van der Waals surface area contributed by atoms with Crippen LogP contribution in [-0.4, -0.2) is 42.5 Å². The Bertz CT molecular complexity index is 545. The Balaban J connectivity index is 2.30. The van der Waals surface area contributed by atoms with Gasteiger partial charge in [-0.3, -0.25) is 14.3 Å². The Morgan fingerprint density at radius 1 is 1.58 bits per heavy atom. The van der Waals surface area contributed by atoms with E-state index in [1.807, 2.05) is 0 Å². The van der Waals surface area contributed by atoms with E-state index < -0.39 is 11.2 Å². The summed E-state index contributed by atoms with van der Waals surface area (Å²) in [5.41, 5.74) is 5.06. The molecule has 1 aliphatic heterocycles. The Kier molecular flexibility index (Phi) is 4.23. The molecule has 19 heavy (non-hydrogen) atoms. The first kappa shape index (κ1) is 13.6. The molecule has 0 bridgehead atoms. The van der Waals surface area contributed by atoms with Gasteiger partial charge in [-0.2, -0.15) is 0 Å². The molecule has 0 spiro atoms. The molecule has 0 saturated carbocycles. The zero-order valence-electron chi connectivity index (χ0n) is 10.8. The van der Waals surface area contributed by atoms with Crippen molar-refractivity contribution in [3.63, 3.8) is 0 Å². The molecule has 1 aromatic rings. The quantitative estimate of drug-likeness (QED) is 0.630. The molecule has 1 aromatic heterocycles. The van der Waals surface area contributed by atoms with E-state index in [1.165, 1.54) is 11.7 Å². The minimum atomic E-state index is -0.534. The van der Waals surface area contributed by atoms with E-state index >= 15 is 0 Å². The maximum atomic E-state index is 11.8. The zero-order chi connectivity index (χ0) is 13.8. The molecule has 1 aliphatic rings. The van der Waals surface area contributed by atoms with Crippen LogP contribution in [0.5, 0.6) is 0 Å². The molecular formula is C11H18N4O4. The van der Waals surface area contributed by atoms with Gasteiger partial charge in [0.1, 0.15) is 11.5 Å². The maximum Gasteiger partial charge on any atom is 0.330 e. The van der Waals surface area contributed by atoms with Crippen LogP contribution < -0.4 is 22.3 Å². The number of nitrogen functional groups attached to an aromatic ring is 1. The largest absolute Gasteiger partial charge is 0.383 e. The van der Waals surface area contributed by atoms with E-state index in [2.05, 4.69) is 10.3 Å². The van der Waals surface area contributed by atoms with Gasteiger partial charge in [-0.25, -0.2) is 4.79 Å². The highest BCUT2D eigenvalue weighted by Crippen LogP contribution is 2.15.